The van der Waals surface area contributed by atoms with Gasteiger partial charge in [-0.15, -0.1) is 0 Å². The molecule has 0 saturated carbocycles. The van der Waals surface area contributed by atoms with Gasteiger partial charge >= 0.3 is 0 Å². The highest BCUT2D eigenvalue weighted by molar-refractivity contribution is 7.89. The van der Waals surface area contributed by atoms with Crippen LogP contribution < -0.4 is 20.5 Å². The van der Waals surface area contributed by atoms with Gasteiger partial charge < -0.3 is 15.8 Å². The van der Waals surface area contributed by atoms with Gasteiger partial charge in [-0.2, -0.15) is 0 Å². The van der Waals surface area contributed by atoms with Gasteiger partial charge in [0.1, 0.15) is 5.75 Å². The molecule has 0 aliphatic heterocycles. The summed E-state index contributed by atoms with van der Waals surface area (Å²) in [4.78, 5) is 11.7. The van der Waals surface area contributed by atoms with Crippen LogP contribution >= 0.6 is 0 Å². The Kier molecular flexibility index (Phi) is 7.30. The normalized spacial score (nSPS) is 12.7. The second-order valence-electron chi connectivity index (χ2n) is 4.76. The number of carbonyl (C=O) groups is 1. The molecule has 0 unspecified atom stereocenters. The van der Waals surface area contributed by atoms with Crippen LogP contribution in [0.1, 0.15) is 20.3 Å². The molecule has 1 rings (SSSR count). The van der Waals surface area contributed by atoms with Crippen LogP contribution in [-0.4, -0.2) is 40.1 Å². The molecule has 8 heteroatoms. The van der Waals surface area contributed by atoms with Gasteiger partial charge in [0.25, 0.3) is 0 Å². The Morgan fingerprint density at radius 3 is 2.50 bits per heavy atom. The van der Waals surface area contributed by atoms with E-state index in [-0.39, 0.29) is 29.8 Å². The summed E-state index contributed by atoms with van der Waals surface area (Å²) in [6, 6.07) is 5.98. The van der Waals surface area contributed by atoms with Gasteiger partial charge in [-0.3, -0.25) is 4.79 Å². The molecular formula is C14H23N3O4S. The number of sulfonamides is 1. The van der Waals surface area contributed by atoms with E-state index in [9.17, 15) is 13.2 Å². The molecule has 0 aromatic heterocycles. The Bertz CT molecular complexity index is 572. The number of hydrogen-bond acceptors (Lipinski definition) is 5. The smallest absolute Gasteiger partial charge is 0.240 e. The molecule has 7 nitrogen and oxygen atoms in total. The first-order valence-electron chi connectivity index (χ1n) is 7.11. The molecule has 22 heavy (non-hydrogen) atoms. The summed E-state index contributed by atoms with van der Waals surface area (Å²) in [5, 5.41) is 2.66. The molecule has 0 spiro atoms. The molecule has 1 aromatic carbocycles. The first-order valence-corrected chi connectivity index (χ1v) is 8.59. The van der Waals surface area contributed by atoms with Crippen molar-refractivity contribution >= 4 is 15.9 Å². The average Bonchev–Trinajstić information content (AvgIpc) is 2.47. The molecule has 0 bridgehead atoms. The predicted molar refractivity (Wildman–Crippen MR) is 84.1 cm³/mol. The van der Waals surface area contributed by atoms with Crippen LogP contribution in [0.4, 0.5) is 0 Å². The zero-order chi connectivity index (χ0) is 16.6. The van der Waals surface area contributed by atoms with Crippen molar-refractivity contribution in [2.75, 3.05) is 19.7 Å². The molecule has 1 amide bonds. The van der Waals surface area contributed by atoms with Gasteiger partial charge in [-0.1, -0.05) is 0 Å². The first kappa shape index (κ1) is 18.4. The summed E-state index contributed by atoms with van der Waals surface area (Å²) in [5.41, 5.74) is 5.39. The summed E-state index contributed by atoms with van der Waals surface area (Å²) in [6.07, 6.45) is 0.0562. The second kappa shape index (κ2) is 8.72. The van der Waals surface area contributed by atoms with E-state index in [1.165, 1.54) is 12.1 Å². The number of amides is 1. The molecular weight excluding hydrogens is 306 g/mol. The van der Waals surface area contributed by atoms with Crippen molar-refractivity contribution in [2.24, 2.45) is 5.73 Å². The Hall–Kier alpha value is -1.64. The van der Waals surface area contributed by atoms with E-state index in [0.29, 0.717) is 18.9 Å². The lowest BCUT2D eigenvalue weighted by Crippen LogP contribution is -2.39. The van der Waals surface area contributed by atoms with Crippen molar-refractivity contribution in [3.8, 4) is 5.75 Å². The van der Waals surface area contributed by atoms with E-state index in [0.717, 1.165) is 0 Å². The van der Waals surface area contributed by atoms with Crippen LogP contribution in [0.5, 0.6) is 5.75 Å². The zero-order valence-corrected chi connectivity index (χ0v) is 13.7. The van der Waals surface area contributed by atoms with E-state index in [2.05, 4.69) is 10.0 Å². The average molecular weight is 329 g/mol. The lowest BCUT2D eigenvalue weighted by molar-refractivity contribution is -0.121. The zero-order valence-electron chi connectivity index (χ0n) is 12.8. The van der Waals surface area contributed by atoms with Crippen LogP contribution in [0.3, 0.4) is 0 Å². The van der Waals surface area contributed by atoms with Crippen LogP contribution in [0, 0.1) is 0 Å². The lowest BCUT2D eigenvalue weighted by Gasteiger charge is -2.11. The van der Waals surface area contributed by atoms with E-state index in [1.54, 1.807) is 19.1 Å². The monoisotopic (exact) mass is 329 g/mol. The standard InChI is InChI=1S/C14H23N3O4S/c1-3-21-12-4-6-13(7-5-12)22(19,20)16-9-8-14(18)17-11(2)10-15/h4-7,11,16H,3,8-10,15H2,1-2H3,(H,17,18)/t11-/m0/s1. The molecule has 0 aliphatic rings. The molecule has 0 heterocycles. The number of nitrogens with one attached hydrogen (secondary N) is 2. The topological polar surface area (TPSA) is 111 Å². The van der Waals surface area contributed by atoms with Gasteiger partial charge in [-0.05, 0) is 38.1 Å². The number of benzene rings is 1. The summed E-state index contributed by atoms with van der Waals surface area (Å²) in [6.45, 7) is 4.51. The molecule has 124 valence electrons. The fourth-order valence-corrected chi connectivity index (χ4v) is 2.70. The third kappa shape index (κ3) is 6.00. The largest absolute Gasteiger partial charge is 0.494 e. The summed E-state index contributed by atoms with van der Waals surface area (Å²) < 4.78 is 31.8. The molecule has 1 aromatic rings. The number of rotatable bonds is 9. The number of nitrogens with two attached hydrogens (primary N) is 1. The fourth-order valence-electron chi connectivity index (χ4n) is 1.67. The highest BCUT2D eigenvalue weighted by Crippen LogP contribution is 2.15. The molecule has 1 atom stereocenters. The minimum absolute atomic E-state index is 0.0265. The maximum absolute atomic E-state index is 12.1. The molecule has 0 aliphatic carbocycles. The highest BCUT2D eigenvalue weighted by atomic mass is 32.2. The van der Waals surface area contributed by atoms with Gasteiger partial charge in [0.15, 0.2) is 0 Å². The first-order chi connectivity index (χ1) is 10.4. The molecule has 0 saturated heterocycles. The van der Waals surface area contributed by atoms with Gasteiger partial charge in [-0.25, -0.2) is 13.1 Å². The number of hydrogen-bond donors (Lipinski definition) is 3. The van der Waals surface area contributed by atoms with Gasteiger partial charge in [0, 0.05) is 25.6 Å². The minimum Gasteiger partial charge on any atom is -0.494 e. The predicted octanol–water partition coefficient (Wildman–Crippen LogP) is 0.217. The Morgan fingerprint density at radius 1 is 1.32 bits per heavy atom. The number of carbonyl (C=O) groups excluding carboxylic acids is 1. The van der Waals surface area contributed by atoms with Gasteiger partial charge in [0.05, 0.1) is 11.5 Å². The van der Waals surface area contributed by atoms with E-state index in [4.69, 9.17) is 10.5 Å². The third-order valence-corrected chi connectivity index (χ3v) is 4.33. The van der Waals surface area contributed by atoms with E-state index < -0.39 is 10.0 Å². The molecule has 0 radical (unpaired) electrons. The number of ether oxygens (including phenoxy) is 1. The maximum Gasteiger partial charge on any atom is 0.240 e. The third-order valence-electron chi connectivity index (χ3n) is 2.85. The lowest BCUT2D eigenvalue weighted by atomic mass is 10.3. The highest BCUT2D eigenvalue weighted by Gasteiger charge is 2.14. The fraction of sp³-hybridized carbons (Fsp3) is 0.500. The van der Waals surface area contributed by atoms with E-state index in [1.807, 2.05) is 6.92 Å². The molecule has 4 N–H and O–H groups in total. The Balaban J connectivity index is 2.51. The van der Waals surface area contributed by atoms with Crippen molar-refractivity contribution in [1.29, 1.82) is 0 Å². The van der Waals surface area contributed by atoms with Crippen LogP contribution in [-0.2, 0) is 14.8 Å². The van der Waals surface area contributed by atoms with Crippen molar-refractivity contribution in [1.82, 2.24) is 10.0 Å². The van der Waals surface area contributed by atoms with E-state index >= 15 is 0 Å². The summed E-state index contributed by atoms with van der Waals surface area (Å²) in [7, 11) is -3.63. The minimum atomic E-state index is -3.63. The Morgan fingerprint density at radius 2 is 1.95 bits per heavy atom. The maximum atomic E-state index is 12.1. The summed E-state index contributed by atoms with van der Waals surface area (Å²) in [5.74, 6) is 0.365. The summed E-state index contributed by atoms with van der Waals surface area (Å²) >= 11 is 0. The van der Waals surface area contributed by atoms with Crippen LogP contribution in [0.15, 0.2) is 29.2 Å². The Labute approximate surface area is 131 Å². The van der Waals surface area contributed by atoms with Crippen molar-refractivity contribution < 1.29 is 17.9 Å². The SMILES string of the molecule is CCOc1ccc(S(=O)(=O)NCCC(=O)N[C@@H](C)CN)cc1. The van der Waals surface area contributed by atoms with Crippen LogP contribution in [0.25, 0.3) is 0 Å². The van der Waals surface area contributed by atoms with Crippen LogP contribution in [0.2, 0.25) is 0 Å². The van der Waals surface area contributed by atoms with Crippen molar-refractivity contribution in [3.05, 3.63) is 24.3 Å². The van der Waals surface area contributed by atoms with Crippen molar-refractivity contribution in [2.45, 2.75) is 31.2 Å². The van der Waals surface area contributed by atoms with Crippen molar-refractivity contribution in [3.63, 3.8) is 0 Å². The molecule has 0 fully saturated rings. The van der Waals surface area contributed by atoms with Gasteiger partial charge in [0.2, 0.25) is 15.9 Å². The quantitative estimate of drug-likeness (QED) is 0.600. The second-order valence-corrected chi connectivity index (χ2v) is 6.52.